The number of nitrogens with one attached hydrogen (secondary N) is 1. The Morgan fingerprint density at radius 2 is 2.06 bits per heavy atom. The monoisotopic (exact) mass is 281 g/mol. The van der Waals surface area contributed by atoms with Gasteiger partial charge in [-0.1, -0.05) is 0 Å². The minimum absolute atomic E-state index is 0.316. The van der Waals surface area contributed by atoms with Crippen LogP contribution in [0.25, 0.3) is 0 Å². The van der Waals surface area contributed by atoms with Gasteiger partial charge in [0.15, 0.2) is 0 Å². The van der Waals surface area contributed by atoms with Crippen molar-refractivity contribution < 1.29 is 0 Å². The van der Waals surface area contributed by atoms with Crippen molar-refractivity contribution in [3.8, 4) is 0 Å². The summed E-state index contributed by atoms with van der Waals surface area (Å²) in [7, 11) is 0. The summed E-state index contributed by atoms with van der Waals surface area (Å²) in [6, 6.07) is 0.316. The fourth-order valence-electron chi connectivity index (χ4n) is 1.96. The first kappa shape index (κ1) is 13.6. The summed E-state index contributed by atoms with van der Waals surface area (Å²) in [5, 5.41) is 7.98. The molecular weight excluding hydrogens is 262 g/mol. The number of rotatable bonds is 5. The van der Waals surface area contributed by atoms with Crippen molar-refractivity contribution in [1.82, 2.24) is 15.3 Å². The Morgan fingerprint density at radius 3 is 2.61 bits per heavy atom. The summed E-state index contributed by atoms with van der Waals surface area (Å²) < 4.78 is 0. The molecule has 0 amide bonds. The molecule has 98 valence electrons. The van der Waals surface area contributed by atoms with Crippen LogP contribution >= 0.6 is 22.7 Å². The van der Waals surface area contributed by atoms with Gasteiger partial charge in [0.2, 0.25) is 0 Å². The lowest BCUT2D eigenvalue weighted by Gasteiger charge is -2.11. The molecule has 0 radical (unpaired) electrons. The molecule has 0 saturated carbocycles. The normalized spacial score (nSPS) is 12.9. The summed E-state index contributed by atoms with van der Waals surface area (Å²) in [6.45, 7) is 9.37. The molecule has 0 saturated heterocycles. The van der Waals surface area contributed by atoms with E-state index >= 15 is 0 Å². The molecule has 1 unspecified atom stereocenters. The third-order valence-corrected chi connectivity index (χ3v) is 4.73. The average Bonchev–Trinajstić information content (AvgIpc) is 2.85. The summed E-state index contributed by atoms with van der Waals surface area (Å²) in [4.78, 5) is 10.4. The van der Waals surface area contributed by atoms with Crippen molar-refractivity contribution in [3.05, 3.63) is 31.7 Å². The van der Waals surface area contributed by atoms with E-state index in [0.717, 1.165) is 23.7 Å². The van der Waals surface area contributed by atoms with E-state index < -0.39 is 0 Å². The van der Waals surface area contributed by atoms with E-state index in [0.29, 0.717) is 6.04 Å². The summed E-state index contributed by atoms with van der Waals surface area (Å²) in [5.74, 6) is 0. The Kier molecular flexibility index (Phi) is 4.48. The van der Waals surface area contributed by atoms with Crippen molar-refractivity contribution in [1.29, 1.82) is 0 Å². The largest absolute Gasteiger partial charge is 0.308 e. The lowest BCUT2D eigenvalue weighted by atomic mass is 10.2. The number of nitrogens with zero attached hydrogens (tertiary/aromatic N) is 2. The van der Waals surface area contributed by atoms with Crippen molar-refractivity contribution in [2.75, 3.05) is 6.54 Å². The van der Waals surface area contributed by atoms with Gasteiger partial charge in [0.1, 0.15) is 0 Å². The molecule has 3 nitrogen and oxygen atoms in total. The summed E-state index contributed by atoms with van der Waals surface area (Å²) in [5.41, 5.74) is 2.31. The maximum atomic E-state index is 4.58. The SMILES string of the molecule is Cc1csc(CCNC(C)c2nc(C)sc2C)n1. The second-order valence-corrected chi connectivity index (χ2v) is 6.83. The van der Waals surface area contributed by atoms with Crippen LogP contribution in [0.3, 0.4) is 0 Å². The van der Waals surface area contributed by atoms with Crippen LogP contribution in [0.5, 0.6) is 0 Å². The van der Waals surface area contributed by atoms with Crippen LogP contribution in [-0.4, -0.2) is 16.5 Å². The quantitative estimate of drug-likeness (QED) is 0.912. The van der Waals surface area contributed by atoms with E-state index in [1.807, 2.05) is 6.92 Å². The fourth-order valence-corrected chi connectivity index (χ4v) is 3.65. The minimum atomic E-state index is 0.316. The van der Waals surface area contributed by atoms with E-state index in [4.69, 9.17) is 0 Å². The lowest BCUT2D eigenvalue weighted by molar-refractivity contribution is 0.563. The molecule has 0 spiro atoms. The molecule has 2 heterocycles. The lowest BCUT2D eigenvalue weighted by Crippen LogP contribution is -2.22. The zero-order chi connectivity index (χ0) is 13.1. The second-order valence-electron chi connectivity index (χ2n) is 4.48. The van der Waals surface area contributed by atoms with Crippen LogP contribution < -0.4 is 5.32 Å². The van der Waals surface area contributed by atoms with Crippen LogP contribution in [0.1, 0.15) is 39.2 Å². The maximum absolute atomic E-state index is 4.58. The standard InChI is InChI=1S/C13H19N3S2/c1-8-7-17-12(15-8)5-6-14-9(2)13-10(3)18-11(4)16-13/h7,9,14H,5-6H2,1-4H3. The molecule has 18 heavy (non-hydrogen) atoms. The van der Waals surface area contributed by atoms with Gasteiger partial charge in [-0.2, -0.15) is 0 Å². The van der Waals surface area contributed by atoms with Crippen LogP contribution in [0.2, 0.25) is 0 Å². The number of thiazole rings is 2. The highest BCUT2D eigenvalue weighted by atomic mass is 32.1. The van der Waals surface area contributed by atoms with Gasteiger partial charge in [-0.25, -0.2) is 9.97 Å². The van der Waals surface area contributed by atoms with Crippen molar-refractivity contribution in [2.24, 2.45) is 0 Å². The highest BCUT2D eigenvalue weighted by Crippen LogP contribution is 2.22. The van der Waals surface area contributed by atoms with E-state index in [1.54, 1.807) is 22.7 Å². The highest BCUT2D eigenvalue weighted by Gasteiger charge is 2.12. The molecule has 2 aromatic heterocycles. The van der Waals surface area contributed by atoms with Crippen molar-refractivity contribution >= 4 is 22.7 Å². The Hall–Kier alpha value is -0.780. The molecule has 5 heteroatoms. The molecule has 2 aromatic rings. The first-order valence-corrected chi connectivity index (χ1v) is 7.84. The zero-order valence-electron chi connectivity index (χ0n) is 11.3. The Bertz CT molecular complexity index is 516. The first-order valence-electron chi connectivity index (χ1n) is 6.14. The molecule has 1 N–H and O–H groups in total. The average molecular weight is 281 g/mol. The van der Waals surface area contributed by atoms with Gasteiger partial charge in [0, 0.05) is 35.0 Å². The Balaban J connectivity index is 1.85. The van der Waals surface area contributed by atoms with Gasteiger partial charge in [0.25, 0.3) is 0 Å². The molecule has 0 aliphatic carbocycles. The molecule has 0 aliphatic rings. The number of hydrogen-bond donors (Lipinski definition) is 1. The molecular formula is C13H19N3S2. The van der Waals surface area contributed by atoms with Gasteiger partial charge in [0.05, 0.1) is 15.7 Å². The first-order chi connectivity index (χ1) is 8.56. The van der Waals surface area contributed by atoms with Crippen LogP contribution in [0.15, 0.2) is 5.38 Å². The van der Waals surface area contributed by atoms with Gasteiger partial charge < -0.3 is 5.32 Å². The van der Waals surface area contributed by atoms with Gasteiger partial charge in [-0.15, -0.1) is 22.7 Å². The number of hydrogen-bond acceptors (Lipinski definition) is 5. The number of aryl methyl sites for hydroxylation is 3. The molecule has 0 bridgehead atoms. The zero-order valence-corrected chi connectivity index (χ0v) is 12.9. The molecule has 0 aliphatic heterocycles. The van der Waals surface area contributed by atoms with Crippen molar-refractivity contribution in [3.63, 3.8) is 0 Å². The molecule has 2 rings (SSSR count). The fraction of sp³-hybridized carbons (Fsp3) is 0.538. The Labute approximate surface area is 116 Å². The van der Waals surface area contributed by atoms with E-state index in [1.165, 1.54) is 15.6 Å². The van der Waals surface area contributed by atoms with Gasteiger partial charge in [-0.3, -0.25) is 0 Å². The predicted octanol–water partition coefficient (Wildman–Crippen LogP) is 3.42. The molecule has 1 atom stereocenters. The van der Waals surface area contributed by atoms with Crippen LogP contribution in [0, 0.1) is 20.8 Å². The smallest absolute Gasteiger partial charge is 0.0940 e. The summed E-state index contributed by atoms with van der Waals surface area (Å²) in [6.07, 6.45) is 0.991. The van der Waals surface area contributed by atoms with E-state index in [-0.39, 0.29) is 0 Å². The van der Waals surface area contributed by atoms with E-state index in [2.05, 4.69) is 41.4 Å². The van der Waals surface area contributed by atoms with Crippen molar-refractivity contribution in [2.45, 2.75) is 40.2 Å². The predicted molar refractivity (Wildman–Crippen MR) is 78.6 cm³/mol. The minimum Gasteiger partial charge on any atom is -0.308 e. The second kappa shape index (κ2) is 5.91. The third kappa shape index (κ3) is 3.37. The summed E-state index contributed by atoms with van der Waals surface area (Å²) >= 11 is 3.51. The number of aromatic nitrogens is 2. The topological polar surface area (TPSA) is 37.8 Å². The van der Waals surface area contributed by atoms with Crippen LogP contribution in [0.4, 0.5) is 0 Å². The van der Waals surface area contributed by atoms with Gasteiger partial charge >= 0.3 is 0 Å². The highest BCUT2D eigenvalue weighted by molar-refractivity contribution is 7.11. The Morgan fingerprint density at radius 1 is 1.28 bits per heavy atom. The third-order valence-electron chi connectivity index (χ3n) is 2.81. The van der Waals surface area contributed by atoms with E-state index in [9.17, 15) is 0 Å². The van der Waals surface area contributed by atoms with Gasteiger partial charge in [-0.05, 0) is 27.7 Å². The maximum Gasteiger partial charge on any atom is 0.0940 e. The molecule has 0 fully saturated rings. The molecule has 0 aromatic carbocycles. The van der Waals surface area contributed by atoms with Crippen LogP contribution in [-0.2, 0) is 6.42 Å².